The summed E-state index contributed by atoms with van der Waals surface area (Å²) in [6.07, 6.45) is 0. The van der Waals surface area contributed by atoms with Crippen LogP contribution in [0.25, 0.3) is 0 Å². The second-order valence-electron chi connectivity index (χ2n) is 3.53. The number of carboxylic acids is 1. The number of nitrogens with two attached hydrogens (primary N) is 2. The lowest BCUT2D eigenvalue weighted by molar-refractivity contribution is -0.141. The van der Waals surface area contributed by atoms with Crippen molar-refractivity contribution in [3.63, 3.8) is 0 Å². The van der Waals surface area contributed by atoms with Crippen LogP contribution in [0.5, 0.6) is 0 Å². The average molecular weight is 235 g/mol. The summed E-state index contributed by atoms with van der Waals surface area (Å²) in [6.45, 7) is 3.29. The van der Waals surface area contributed by atoms with E-state index < -0.39 is 22.3 Å². The molecule has 15 heavy (non-hydrogen) atoms. The molecule has 0 aliphatic rings. The Morgan fingerprint density at radius 3 is 2.53 bits per heavy atom. The minimum absolute atomic E-state index is 0.0819. The zero-order valence-corrected chi connectivity index (χ0v) is 9.71. The molecule has 0 aliphatic carbocycles. The first kappa shape index (κ1) is 14.1. The number of aliphatic carboxylic acids is 1. The number of amidine groups is 1. The van der Waals surface area contributed by atoms with Crippen LogP contribution < -0.4 is 11.5 Å². The summed E-state index contributed by atoms with van der Waals surface area (Å²) in [5.41, 5.74) is 9.27. The Bertz CT molecular complexity index is 285. The summed E-state index contributed by atoms with van der Waals surface area (Å²) in [7, 11) is -1.29. The molecule has 0 fully saturated rings. The fourth-order valence-electron chi connectivity index (χ4n) is 0.792. The average Bonchev–Trinajstić information content (AvgIpc) is 2.01. The lowest BCUT2D eigenvalue weighted by atomic mass is 10.1. The van der Waals surface area contributed by atoms with Crippen LogP contribution in [0.4, 0.5) is 0 Å². The Balaban J connectivity index is 4.05. The smallest absolute Gasteiger partial charge is 0.324 e. The van der Waals surface area contributed by atoms with Gasteiger partial charge in [0.25, 0.3) is 0 Å². The number of carbonyl (C=O) groups is 1. The summed E-state index contributed by atoms with van der Waals surface area (Å²) in [5, 5.41) is 8.70. The third-order valence-corrected chi connectivity index (χ3v) is 3.19. The summed E-state index contributed by atoms with van der Waals surface area (Å²) in [4.78, 5) is 14.5. The first-order chi connectivity index (χ1) is 6.75. The molecule has 0 radical (unpaired) electrons. The zero-order chi connectivity index (χ0) is 12.1. The van der Waals surface area contributed by atoms with Crippen LogP contribution in [0.15, 0.2) is 4.99 Å². The Hall–Kier alpha value is -0.950. The second kappa shape index (κ2) is 5.82. The number of hydrogen-bond acceptors (Lipinski definition) is 4. The van der Waals surface area contributed by atoms with Crippen LogP contribution in [-0.2, 0) is 15.6 Å². The van der Waals surface area contributed by atoms with Crippen molar-refractivity contribution in [3.8, 4) is 0 Å². The Morgan fingerprint density at radius 1 is 1.60 bits per heavy atom. The molecule has 0 aliphatic heterocycles. The first-order valence-electron chi connectivity index (χ1n) is 4.39. The van der Waals surface area contributed by atoms with Gasteiger partial charge in [-0.15, -0.1) is 0 Å². The minimum atomic E-state index is -1.45. The van der Waals surface area contributed by atoms with Crippen LogP contribution in [0.1, 0.15) is 13.8 Å². The summed E-state index contributed by atoms with van der Waals surface area (Å²) >= 11 is 0. The van der Waals surface area contributed by atoms with Crippen molar-refractivity contribution in [1.29, 1.82) is 0 Å². The van der Waals surface area contributed by atoms with E-state index in [9.17, 15) is 9.00 Å². The SMILES string of the molecule is CC(N)=NCCS(=O)C[C@@](C)(N)C(=O)O. The van der Waals surface area contributed by atoms with E-state index in [0.717, 1.165) is 0 Å². The third kappa shape index (κ3) is 6.19. The summed E-state index contributed by atoms with van der Waals surface area (Å²) in [5.74, 6) is -0.550. The quantitative estimate of drug-likeness (QED) is 0.399. The molecule has 1 unspecified atom stereocenters. The maximum Gasteiger partial charge on any atom is 0.324 e. The number of rotatable bonds is 6. The van der Waals surface area contributed by atoms with Gasteiger partial charge in [0.05, 0.1) is 18.1 Å². The van der Waals surface area contributed by atoms with Gasteiger partial charge in [-0.3, -0.25) is 14.0 Å². The van der Waals surface area contributed by atoms with Crippen LogP contribution in [0.2, 0.25) is 0 Å². The zero-order valence-electron chi connectivity index (χ0n) is 8.90. The molecule has 5 N–H and O–H groups in total. The van der Waals surface area contributed by atoms with E-state index >= 15 is 0 Å². The van der Waals surface area contributed by atoms with Crippen molar-refractivity contribution in [1.82, 2.24) is 0 Å². The van der Waals surface area contributed by atoms with Crippen LogP contribution >= 0.6 is 0 Å². The predicted molar refractivity (Wildman–Crippen MR) is 60.3 cm³/mol. The topological polar surface area (TPSA) is 119 Å². The summed E-state index contributed by atoms with van der Waals surface area (Å²) < 4.78 is 11.4. The monoisotopic (exact) mass is 235 g/mol. The predicted octanol–water partition coefficient (Wildman–Crippen LogP) is -1.09. The molecule has 6 nitrogen and oxygen atoms in total. The van der Waals surface area contributed by atoms with Crippen LogP contribution in [-0.4, -0.2) is 44.7 Å². The Labute approximate surface area is 91.2 Å². The molecule has 88 valence electrons. The molecule has 7 heteroatoms. The fraction of sp³-hybridized carbons (Fsp3) is 0.750. The number of aliphatic imine (C=N–C) groups is 1. The molecule has 0 aromatic rings. The summed E-state index contributed by atoms with van der Waals surface area (Å²) in [6, 6.07) is 0. The van der Waals surface area contributed by atoms with Crippen LogP contribution in [0.3, 0.4) is 0 Å². The van der Waals surface area contributed by atoms with E-state index in [2.05, 4.69) is 4.99 Å². The molecule has 0 aromatic carbocycles. The highest BCUT2D eigenvalue weighted by Crippen LogP contribution is 2.02. The molecule has 0 rings (SSSR count). The largest absolute Gasteiger partial charge is 0.480 e. The molecule has 0 aromatic heterocycles. The normalized spacial score (nSPS) is 18.2. The molecular weight excluding hydrogens is 218 g/mol. The molecular formula is C8H17N3O3S. The van der Waals surface area contributed by atoms with Crippen LogP contribution in [0, 0.1) is 0 Å². The van der Waals surface area contributed by atoms with Gasteiger partial charge in [-0.05, 0) is 13.8 Å². The lowest BCUT2D eigenvalue weighted by Gasteiger charge is -2.17. The van der Waals surface area contributed by atoms with Gasteiger partial charge in [0.15, 0.2) is 0 Å². The molecule has 0 bridgehead atoms. The highest BCUT2D eigenvalue weighted by molar-refractivity contribution is 7.85. The lowest BCUT2D eigenvalue weighted by Crippen LogP contribution is -2.49. The number of carboxylic acid groups (broad SMARTS) is 1. The van der Waals surface area contributed by atoms with Crippen molar-refractivity contribution in [2.75, 3.05) is 18.1 Å². The molecule has 0 amide bonds. The van der Waals surface area contributed by atoms with Gasteiger partial charge in [0.2, 0.25) is 0 Å². The van der Waals surface area contributed by atoms with Crippen molar-refractivity contribution >= 4 is 22.6 Å². The fourth-order valence-corrected chi connectivity index (χ4v) is 2.02. The maximum absolute atomic E-state index is 11.4. The van der Waals surface area contributed by atoms with E-state index in [1.807, 2.05) is 0 Å². The van der Waals surface area contributed by atoms with E-state index in [-0.39, 0.29) is 11.5 Å². The van der Waals surface area contributed by atoms with E-state index in [1.54, 1.807) is 6.92 Å². The van der Waals surface area contributed by atoms with Gasteiger partial charge >= 0.3 is 5.97 Å². The highest BCUT2D eigenvalue weighted by atomic mass is 32.2. The molecule has 0 saturated carbocycles. The van der Waals surface area contributed by atoms with E-state index in [0.29, 0.717) is 12.4 Å². The van der Waals surface area contributed by atoms with Gasteiger partial charge in [0.1, 0.15) is 5.54 Å². The Morgan fingerprint density at radius 2 is 2.13 bits per heavy atom. The third-order valence-electron chi connectivity index (χ3n) is 1.63. The molecule has 0 saturated heterocycles. The Kier molecular flexibility index (Phi) is 5.45. The molecule has 0 heterocycles. The van der Waals surface area contributed by atoms with Gasteiger partial charge in [-0.2, -0.15) is 0 Å². The van der Waals surface area contributed by atoms with E-state index in [1.165, 1.54) is 6.92 Å². The maximum atomic E-state index is 11.4. The van der Waals surface area contributed by atoms with Crippen molar-refractivity contribution < 1.29 is 14.1 Å². The second-order valence-corrected chi connectivity index (χ2v) is 5.11. The van der Waals surface area contributed by atoms with Crippen molar-refractivity contribution in [3.05, 3.63) is 0 Å². The van der Waals surface area contributed by atoms with Crippen molar-refractivity contribution in [2.24, 2.45) is 16.5 Å². The molecule has 2 atom stereocenters. The number of nitrogens with zero attached hydrogens (tertiary/aromatic N) is 1. The van der Waals surface area contributed by atoms with Gasteiger partial charge in [-0.25, -0.2) is 0 Å². The highest BCUT2D eigenvalue weighted by Gasteiger charge is 2.29. The van der Waals surface area contributed by atoms with E-state index in [4.69, 9.17) is 16.6 Å². The van der Waals surface area contributed by atoms with Gasteiger partial charge in [0, 0.05) is 16.6 Å². The standard InChI is InChI=1S/C8H17N3O3S/c1-6(9)11-3-4-15(14)5-8(2,10)7(12)13/h3-5,10H2,1-2H3,(H2,9,11)(H,12,13)/t8-,15?/m1/s1. The van der Waals surface area contributed by atoms with Gasteiger partial charge < -0.3 is 16.6 Å². The van der Waals surface area contributed by atoms with Crippen molar-refractivity contribution in [2.45, 2.75) is 19.4 Å². The number of hydrogen-bond donors (Lipinski definition) is 3. The van der Waals surface area contributed by atoms with Gasteiger partial charge in [-0.1, -0.05) is 0 Å². The minimum Gasteiger partial charge on any atom is -0.480 e. The first-order valence-corrected chi connectivity index (χ1v) is 5.88. The molecule has 0 spiro atoms.